The van der Waals surface area contributed by atoms with Crippen LogP contribution >= 0.6 is 0 Å². The van der Waals surface area contributed by atoms with Crippen LogP contribution in [0.1, 0.15) is 35.8 Å². The van der Waals surface area contributed by atoms with Gasteiger partial charge in [0, 0.05) is 36.2 Å². The van der Waals surface area contributed by atoms with E-state index in [0.29, 0.717) is 12.0 Å². The Hall–Kier alpha value is -2.59. The average molecular weight is 321 g/mol. The van der Waals surface area contributed by atoms with Gasteiger partial charge in [-0.1, -0.05) is 48.5 Å². The zero-order valence-corrected chi connectivity index (χ0v) is 13.6. The Morgan fingerprint density at radius 3 is 2.46 bits per heavy atom. The fourth-order valence-corrected chi connectivity index (χ4v) is 2.79. The summed E-state index contributed by atoms with van der Waals surface area (Å²) in [5.74, 6) is -0.197. The second-order valence-corrected chi connectivity index (χ2v) is 5.78. The number of rotatable bonds is 6. The van der Waals surface area contributed by atoms with Gasteiger partial charge >= 0.3 is 0 Å². The van der Waals surface area contributed by atoms with E-state index in [4.69, 9.17) is 0 Å². The smallest absolute Gasteiger partial charge is 0.127 e. The Morgan fingerprint density at radius 1 is 1.00 bits per heavy atom. The lowest BCUT2D eigenvalue weighted by atomic mass is 9.97. The molecular formula is C20H20FN3. The number of hydrogen-bond acceptors (Lipinski definition) is 3. The second-order valence-electron chi connectivity index (χ2n) is 5.78. The predicted molar refractivity (Wildman–Crippen MR) is 92.9 cm³/mol. The van der Waals surface area contributed by atoms with E-state index in [9.17, 15) is 4.39 Å². The lowest BCUT2D eigenvalue weighted by molar-refractivity contribution is 0.440. The molecule has 0 fully saturated rings. The van der Waals surface area contributed by atoms with E-state index >= 15 is 0 Å². The summed E-state index contributed by atoms with van der Waals surface area (Å²) in [5.41, 5.74) is 2.66. The highest BCUT2D eigenvalue weighted by atomic mass is 19.1. The molecule has 3 nitrogen and oxygen atoms in total. The van der Waals surface area contributed by atoms with Crippen molar-refractivity contribution in [3.05, 3.63) is 95.8 Å². The molecule has 4 heteroatoms. The molecule has 1 N–H and O–H groups in total. The maximum absolute atomic E-state index is 14.3. The number of nitrogens with one attached hydrogen (secondary N) is 1. The molecule has 0 saturated carbocycles. The first-order valence-electron chi connectivity index (χ1n) is 8.04. The van der Waals surface area contributed by atoms with Crippen LogP contribution in [0, 0.1) is 5.82 Å². The average Bonchev–Trinajstić information content (AvgIpc) is 2.63. The van der Waals surface area contributed by atoms with Crippen LogP contribution < -0.4 is 5.32 Å². The zero-order valence-electron chi connectivity index (χ0n) is 13.6. The van der Waals surface area contributed by atoms with Gasteiger partial charge in [0.25, 0.3) is 0 Å². The normalized spacial score (nSPS) is 13.4. The largest absolute Gasteiger partial charge is 0.301 e. The summed E-state index contributed by atoms with van der Waals surface area (Å²) < 4.78 is 14.3. The molecule has 3 rings (SSSR count). The minimum absolute atomic E-state index is 0.0352. The van der Waals surface area contributed by atoms with Gasteiger partial charge in [-0.2, -0.15) is 0 Å². The maximum Gasteiger partial charge on any atom is 0.127 e. The van der Waals surface area contributed by atoms with Crippen LogP contribution in [0.3, 0.4) is 0 Å². The molecular weight excluding hydrogens is 301 g/mol. The molecule has 0 amide bonds. The molecule has 122 valence electrons. The maximum atomic E-state index is 14.3. The molecule has 2 atom stereocenters. The molecule has 1 aromatic heterocycles. The molecule has 0 aliphatic carbocycles. The van der Waals surface area contributed by atoms with Gasteiger partial charge in [0.2, 0.25) is 0 Å². The lowest BCUT2D eigenvalue weighted by Gasteiger charge is -2.24. The number of aromatic nitrogens is 2. The molecule has 24 heavy (non-hydrogen) atoms. The van der Waals surface area contributed by atoms with Crippen LogP contribution in [-0.4, -0.2) is 9.97 Å². The van der Waals surface area contributed by atoms with Crippen molar-refractivity contribution in [3.63, 3.8) is 0 Å². The van der Waals surface area contributed by atoms with Crippen molar-refractivity contribution in [2.45, 2.75) is 25.4 Å². The molecule has 0 radical (unpaired) electrons. The quantitative estimate of drug-likeness (QED) is 0.737. The molecule has 0 saturated heterocycles. The monoisotopic (exact) mass is 321 g/mol. The van der Waals surface area contributed by atoms with Crippen molar-refractivity contribution in [2.24, 2.45) is 0 Å². The Bertz CT molecular complexity index is 762. The third-order valence-electron chi connectivity index (χ3n) is 4.04. The van der Waals surface area contributed by atoms with Gasteiger partial charge in [-0.3, -0.25) is 9.97 Å². The first-order valence-corrected chi connectivity index (χ1v) is 8.04. The van der Waals surface area contributed by atoms with Gasteiger partial charge in [-0.25, -0.2) is 4.39 Å². The van der Waals surface area contributed by atoms with Gasteiger partial charge < -0.3 is 5.32 Å². The lowest BCUT2D eigenvalue weighted by Crippen LogP contribution is -2.27. The number of halogens is 1. The summed E-state index contributed by atoms with van der Waals surface area (Å²) in [6.07, 6.45) is 5.75. The highest BCUT2D eigenvalue weighted by molar-refractivity contribution is 5.25. The zero-order chi connectivity index (χ0) is 16.8. The molecule has 2 aromatic carbocycles. The molecule has 1 heterocycles. The minimum Gasteiger partial charge on any atom is -0.301 e. The van der Waals surface area contributed by atoms with E-state index in [-0.39, 0.29) is 17.9 Å². The van der Waals surface area contributed by atoms with Gasteiger partial charge in [0.15, 0.2) is 0 Å². The summed E-state index contributed by atoms with van der Waals surface area (Å²) >= 11 is 0. The topological polar surface area (TPSA) is 37.8 Å². The Labute approximate surface area is 141 Å². The van der Waals surface area contributed by atoms with Crippen molar-refractivity contribution in [3.8, 4) is 0 Å². The Kier molecular flexibility index (Phi) is 5.29. The predicted octanol–water partition coefficient (Wildman–Crippen LogP) is 4.25. The van der Waals surface area contributed by atoms with Crippen molar-refractivity contribution >= 4 is 0 Å². The summed E-state index contributed by atoms with van der Waals surface area (Å²) in [6, 6.07) is 16.8. The fraction of sp³-hybridized carbons (Fsp3) is 0.200. The Balaban J connectivity index is 1.86. The fourth-order valence-electron chi connectivity index (χ4n) is 2.79. The van der Waals surface area contributed by atoms with E-state index in [1.54, 1.807) is 24.7 Å². The van der Waals surface area contributed by atoms with Crippen molar-refractivity contribution < 1.29 is 4.39 Å². The van der Waals surface area contributed by atoms with Crippen molar-refractivity contribution in [2.75, 3.05) is 0 Å². The second kappa shape index (κ2) is 7.79. The standard InChI is InChI=1S/C20H20FN3/c1-15(20-14-22-11-12-23-20)24-19(13-16-7-3-2-4-8-16)17-9-5-6-10-18(17)21/h2-12,14-15,19,24H,13H2,1H3. The highest BCUT2D eigenvalue weighted by Crippen LogP contribution is 2.24. The van der Waals surface area contributed by atoms with Gasteiger partial charge in [-0.05, 0) is 25.0 Å². The summed E-state index contributed by atoms with van der Waals surface area (Å²) in [5, 5.41) is 3.50. The van der Waals surface area contributed by atoms with E-state index in [1.165, 1.54) is 6.07 Å². The number of benzene rings is 2. The first-order chi connectivity index (χ1) is 11.7. The molecule has 3 aromatic rings. The third kappa shape index (κ3) is 4.03. The van der Waals surface area contributed by atoms with E-state index < -0.39 is 0 Å². The van der Waals surface area contributed by atoms with Crippen LogP contribution in [0.15, 0.2) is 73.2 Å². The van der Waals surface area contributed by atoms with Crippen LogP contribution in [0.4, 0.5) is 4.39 Å². The summed E-state index contributed by atoms with van der Waals surface area (Å²) in [6.45, 7) is 2.02. The van der Waals surface area contributed by atoms with E-state index in [0.717, 1.165) is 11.3 Å². The number of hydrogen-bond donors (Lipinski definition) is 1. The van der Waals surface area contributed by atoms with Crippen molar-refractivity contribution in [1.82, 2.24) is 15.3 Å². The molecule has 0 aliphatic rings. The SMILES string of the molecule is CC(NC(Cc1ccccc1)c1ccccc1F)c1cnccn1. The van der Waals surface area contributed by atoms with Gasteiger partial charge in [-0.15, -0.1) is 0 Å². The summed E-state index contributed by atoms with van der Waals surface area (Å²) in [7, 11) is 0. The molecule has 0 spiro atoms. The molecule has 2 unspecified atom stereocenters. The highest BCUT2D eigenvalue weighted by Gasteiger charge is 2.19. The van der Waals surface area contributed by atoms with Crippen molar-refractivity contribution in [1.29, 1.82) is 0 Å². The van der Waals surface area contributed by atoms with Gasteiger partial charge in [0.1, 0.15) is 5.82 Å². The van der Waals surface area contributed by atoms with Gasteiger partial charge in [0.05, 0.1) is 5.69 Å². The van der Waals surface area contributed by atoms with Crippen LogP contribution in [0.5, 0.6) is 0 Å². The van der Waals surface area contributed by atoms with E-state index in [2.05, 4.69) is 27.4 Å². The summed E-state index contributed by atoms with van der Waals surface area (Å²) in [4.78, 5) is 8.45. The number of nitrogens with zero attached hydrogens (tertiary/aromatic N) is 2. The Morgan fingerprint density at radius 2 is 1.75 bits per heavy atom. The third-order valence-corrected chi connectivity index (χ3v) is 4.04. The molecule has 0 bridgehead atoms. The van der Waals surface area contributed by atoms with Crippen LogP contribution in [-0.2, 0) is 6.42 Å². The van der Waals surface area contributed by atoms with Crippen LogP contribution in [0.2, 0.25) is 0 Å². The van der Waals surface area contributed by atoms with E-state index in [1.807, 2.05) is 37.3 Å². The first kappa shape index (κ1) is 16.3. The van der Waals surface area contributed by atoms with Crippen LogP contribution in [0.25, 0.3) is 0 Å². The minimum atomic E-state index is -0.197. The molecule has 0 aliphatic heterocycles.